The Labute approximate surface area is 138 Å². The van der Waals surface area contributed by atoms with E-state index in [1.54, 1.807) is 11.4 Å². The van der Waals surface area contributed by atoms with Gasteiger partial charge in [0.05, 0.1) is 13.4 Å². The summed E-state index contributed by atoms with van der Waals surface area (Å²) in [5, 5.41) is 0. The molecule has 0 bridgehead atoms. The molecule has 4 rings (SSSR count). The van der Waals surface area contributed by atoms with E-state index >= 15 is 0 Å². The van der Waals surface area contributed by atoms with Crippen molar-refractivity contribution >= 4 is 10.0 Å². The van der Waals surface area contributed by atoms with Gasteiger partial charge >= 0.3 is 0 Å². The number of hydrogen-bond donors (Lipinski definition) is 0. The van der Waals surface area contributed by atoms with Gasteiger partial charge in [-0.3, -0.25) is 4.90 Å². The number of nitrogens with zero attached hydrogens (tertiary/aromatic N) is 2. The van der Waals surface area contributed by atoms with E-state index in [4.69, 9.17) is 4.74 Å². The quantitative estimate of drug-likeness (QED) is 0.824. The molecular weight excluding hydrogens is 312 g/mol. The lowest BCUT2D eigenvalue weighted by Crippen LogP contribution is -2.50. The summed E-state index contributed by atoms with van der Waals surface area (Å²) in [6, 6.07) is 6.84. The molecule has 2 saturated heterocycles. The summed E-state index contributed by atoms with van der Waals surface area (Å²) < 4.78 is 31.2. The van der Waals surface area contributed by atoms with Gasteiger partial charge in [-0.25, -0.2) is 8.42 Å². The maximum atomic E-state index is 12.1. The number of rotatable bonds is 2. The van der Waals surface area contributed by atoms with Crippen LogP contribution in [-0.2, 0) is 16.4 Å². The third-order valence-electron chi connectivity index (χ3n) is 5.81. The molecule has 23 heavy (non-hydrogen) atoms. The lowest BCUT2D eigenvalue weighted by Gasteiger charge is -2.46. The molecule has 3 unspecified atom stereocenters. The molecular formula is C17H24N2O3S. The molecule has 0 saturated carbocycles. The fourth-order valence-electron chi connectivity index (χ4n) is 4.71. The highest BCUT2D eigenvalue weighted by molar-refractivity contribution is 7.88. The van der Waals surface area contributed by atoms with E-state index in [0.29, 0.717) is 18.5 Å². The van der Waals surface area contributed by atoms with Crippen molar-refractivity contribution in [3.63, 3.8) is 0 Å². The molecule has 0 radical (unpaired) electrons. The van der Waals surface area contributed by atoms with E-state index in [-0.39, 0.29) is 6.04 Å². The van der Waals surface area contributed by atoms with Crippen molar-refractivity contribution in [3.8, 4) is 5.75 Å². The molecule has 3 atom stereocenters. The number of methoxy groups -OCH3 is 1. The summed E-state index contributed by atoms with van der Waals surface area (Å²) in [5.41, 5.74) is 2.71. The topological polar surface area (TPSA) is 49.9 Å². The van der Waals surface area contributed by atoms with Crippen molar-refractivity contribution in [1.29, 1.82) is 0 Å². The van der Waals surface area contributed by atoms with Crippen LogP contribution in [0.25, 0.3) is 0 Å². The smallest absolute Gasteiger partial charge is 0.211 e. The summed E-state index contributed by atoms with van der Waals surface area (Å²) in [6.07, 6.45) is 4.31. The zero-order valence-electron chi connectivity index (χ0n) is 13.7. The highest BCUT2D eigenvalue weighted by Crippen LogP contribution is 2.44. The molecule has 0 aliphatic carbocycles. The second kappa shape index (κ2) is 5.46. The van der Waals surface area contributed by atoms with Crippen molar-refractivity contribution in [2.75, 3.05) is 33.0 Å². The Balaban J connectivity index is 1.65. The summed E-state index contributed by atoms with van der Waals surface area (Å²) >= 11 is 0. The van der Waals surface area contributed by atoms with Crippen LogP contribution in [-0.4, -0.2) is 56.7 Å². The molecule has 0 spiro atoms. The molecule has 5 nitrogen and oxygen atoms in total. The SMILES string of the molecule is COc1ccc2c(c1)CCN1CC3CCN(S(C)(=O)=O)C3CC21. The molecule has 3 heterocycles. The third kappa shape index (κ3) is 2.57. The molecule has 2 fully saturated rings. The lowest BCUT2D eigenvalue weighted by molar-refractivity contribution is 0.0738. The van der Waals surface area contributed by atoms with Crippen LogP contribution in [0.2, 0.25) is 0 Å². The van der Waals surface area contributed by atoms with Crippen LogP contribution >= 0.6 is 0 Å². The first-order chi connectivity index (χ1) is 11.0. The highest BCUT2D eigenvalue weighted by Gasteiger charge is 2.46. The van der Waals surface area contributed by atoms with Gasteiger partial charge in [-0.2, -0.15) is 4.31 Å². The average molecular weight is 336 g/mol. The van der Waals surface area contributed by atoms with Crippen molar-refractivity contribution < 1.29 is 13.2 Å². The first kappa shape index (κ1) is 15.4. The number of piperidine rings is 1. The van der Waals surface area contributed by atoms with Gasteiger partial charge in [0.25, 0.3) is 0 Å². The first-order valence-corrected chi connectivity index (χ1v) is 10.2. The van der Waals surface area contributed by atoms with Crippen LogP contribution in [0.15, 0.2) is 18.2 Å². The minimum atomic E-state index is -3.10. The van der Waals surface area contributed by atoms with E-state index in [1.165, 1.54) is 17.4 Å². The zero-order chi connectivity index (χ0) is 16.2. The number of fused-ring (bicyclic) bond motifs is 4. The van der Waals surface area contributed by atoms with E-state index in [0.717, 1.165) is 38.1 Å². The van der Waals surface area contributed by atoms with Gasteiger partial charge in [0, 0.05) is 31.7 Å². The minimum Gasteiger partial charge on any atom is -0.497 e. The van der Waals surface area contributed by atoms with Gasteiger partial charge in [-0.05, 0) is 48.4 Å². The van der Waals surface area contributed by atoms with Crippen LogP contribution in [0.1, 0.15) is 30.0 Å². The Hall–Kier alpha value is -1.11. The van der Waals surface area contributed by atoms with Crippen LogP contribution in [0.5, 0.6) is 5.75 Å². The van der Waals surface area contributed by atoms with Gasteiger partial charge in [0.1, 0.15) is 5.75 Å². The molecule has 0 aromatic heterocycles. The molecule has 0 amide bonds. The summed E-state index contributed by atoms with van der Waals surface area (Å²) in [7, 11) is -1.41. The molecule has 3 aliphatic rings. The third-order valence-corrected chi connectivity index (χ3v) is 7.12. The van der Waals surface area contributed by atoms with Gasteiger partial charge in [-0.15, -0.1) is 0 Å². The van der Waals surface area contributed by atoms with E-state index in [1.807, 2.05) is 6.07 Å². The maximum Gasteiger partial charge on any atom is 0.211 e. The fourth-order valence-corrected chi connectivity index (χ4v) is 5.90. The zero-order valence-corrected chi connectivity index (χ0v) is 14.6. The van der Waals surface area contributed by atoms with Crippen LogP contribution in [0, 0.1) is 5.92 Å². The Morgan fingerprint density at radius 3 is 2.83 bits per heavy atom. The molecule has 1 aromatic carbocycles. The predicted molar refractivity (Wildman–Crippen MR) is 89.1 cm³/mol. The predicted octanol–water partition coefficient (Wildman–Crippen LogP) is 1.65. The van der Waals surface area contributed by atoms with Gasteiger partial charge < -0.3 is 4.74 Å². The monoisotopic (exact) mass is 336 g/mol. The van der Waals surface area contributed by atoms with E-state index in [2.05, 4.69) is 17.0 Å². The number of hydrogen-bond acceptors (Lipinski definition) is 4. The molecule has 126 valence electrons. The largest absolute Gasteiger partial charge is 0.497 e. The van der Waals surface area contributed by atoms with Gasteiger partial charge in [-0.1, -0.05) is 6.07 Å². The molecule has 0 N–H and O–H groups in total. The Morgan fingerprint density at radius 1 is 1.26 bits per heavy atom. The molecule has 1 aromatic rings. The van der Waals surface area contributed by atoms with Gasteiger partial charge in [0.2, 0.25) is 10.0 Å². The lowest BCUT2D eigenvalue weighted by atomic mass is 9.81. The average Bonchev–Trinajstić information content (AvgIpc) is 2.95. The molecule has 6 heteroatoms. The Kier molecular flexibility index (Phi) is 3.66. The summed E-state index contributed by atoms with van der Waals surface area (Å²) in [6.45, 7) is 2.77. The van der Waals surface area contributed by atoms with Crippen molar-refractivity contribution in [1.82, 2.24) is 9.21 Å². The maximum absolute atomic E-state index is 12.1. The standard InChI is InChI=1S/C17H24N2O3S/c1-22-14-3-4-15-12(9-14)5-7-18-11-13-6-8-19(23(2,20)21)16(13)10-17(15)18/h3-4,9,13,16-17H,5-8,10-11H2,1-2H3. The number of ether oxygens (including phenoxy) is 1. The Morgan fingerprint density at radius 2 is 2.09 bits per heavy atom. The van der Waals surface area contributed by atoms with Crippen LogP contribution in [0.4, 0.5) is 0 Å². The number of sulfonamides is 1. The highest BCUT2D eigenvalue weighted by atomic mass is 32.2. The summed E-state index contributed by atoms with van der Waals surface area (Å²) in [5.74, 6) is 1.39. The minimum absolute atomic E-state index is 0.166. The van der Waals surface area contributed by atoms with Crippen LogP contribution < -0.4 is 4.74 Å². The van der Waals surface area contributed by atoms with Crippen molar-refractivity contribution in [2.24, 2.45) is 5.92 Å². The van der Waals surface area contributed by atoms with E-state index in [9.17, 15) is 8.42 Å². The van der Waals surface area contributed by atoms with Crippen molar-refractivity contribution in [2.45, 2.75) is 31.3 Å². The Bertz CT molecular complexity index is 719. The molecule has 3 aliphatic heterocycles. The van der Waals surface area contributed by atoms with E-state index < -0.39 is 10.0 Å². The fraction of sp³-hybridized carbons (Fsp3) is 0.647. The van der Waals surface area contributed by atoms with Gasteiger partial charge in [0.15, 0.2) is 0 Å². The normalized spacial score (nSPS) is 31.3. The second-order valence-electron chi connectivity index (χ2n) is 7.05. The van der Waals surface area contributed by atoms with Crippen molar-refractivity contribution in [3.05, 3.63) is 29.3 Å². The summed E-state index contributed by atoms with van der Waals surface area (Å²) in [4.78, 5) is 2.56. The number of benzene rings is 1. The van der Waals surface area contributed by atoms with Crippen LogP contribution in [0.3, 0.4) is 0 Å². The second-order valence-corrected chi connectivity index (χ2v) is 8.99. The first-order valence-electron chi connectivity index (χ1n) is 8.35.